The van der Waals surface area contributed by atoms with Gasteiger partial charge in [0.1, 0.15) is 17.6 Å². The lowest BCUT2D eigenvalue weighted by atomic mass is 9.77. The Hall–Kier alpha value is -2.58. The molecule has 0 spiro atoms. The quantitative estimate of drug-likeness (QED) is 0.542. The number of anilines is 1. The van der Waals surface area contributed by atoms with Crippen LogP contribution in [0.25, 0.3) is 0 Å². The summed E-state index contributed by atoms with van der Waals surface area (Å²) in [7, 11) is 0. The zero-order valence-corrected chi connectivity index (χ0v) is 19.5. The van der Waals surface area contributed by atoms with Crippen molar-refractivity contribution in [1.82, 2.24) is 4.98 Å². The van der Waals surface area contributed by atoms with E-state index < -0.39 is 0 Å². The van der Waals surface area contributed by atoms with Crippen molar-refractivity contribution in [3.63, 3.8) is 0 Å². The number of fused-ring (bicyclic) bond motifs is 1. The molecule has 32 heavy (non-hydrogen) atoms. The molecule has 5 nitrogen and oxygen atoms in total. The molecule has 0 bridgehead atoms. The number of nitrogens with one attached hydrogen (secondary N) is 1. The molecule has 1 N–H and O–H groups in total. The number of nitrogens with zero attached hydrogens (tertiary/aromatic N) is 2. The van der Waals surface area contributed by atoms with Gasteiger partial charge in [-0.15, -0.1) is 0 Å². The fourth-order valence-corrected chi connectivity index (χ4v) is 5.22. The predicted octanol–water partition coefficient (Wildman–Crippen LogP) is 6.20. The molecule has 2 aromatic rings. The van der Waals surface area contributed by atoms with Gasteiger partial charge in [0.15, 0.2) is 5.78 Å². The maximum absolute atomic E-state index is 13.1. The third-order valence-corrected chi connectivity index (χ3v) is 7.29. The fourth-order valence-electron chi connectivity index (χ4n) is 5.01. The summed E-state index contributed by atoms with van der Waals surface area (Å²) in [6, 6.07) is 11.6. The van der Waals surface area contributed by atoms with Gasteiger partial charge in [0, 0.05) is 30.0 Å². The van der Waals surface area contributed by atoms with E-state index in [1.165, 1.54) is 0 Å². The molecule has 1 fully saturated rings. The van der Waals surface area contributed by atoms with E-state index >= 15 is 0 Å². The zero-order valence-electron chi connectivity index (χ0n) is 18.7. The third-order valence-electron chi connectivity index (χ3n) is 6.98. The largest absolute Gasteiger partial charge is 0.490 e. The Kier molecular flexibility index (Phi) is 7.01. The summed E-state index contributed by atoms with van der Waals surface area (Å²) in [5, 5.41) is 12.9. The van der Waals surface area contributed by atoms with E-state index in [2.05, 4.69) is 25.2 Å². The Balaban J connectivity index is 1.35. The lowest BCUT2D eigenvalue weighted by Crippen LogP contribution is -2.30. The summed E-state index contributed by atoms with van der Waals surface area (Å²) >= 11 is 6.12. The van der Waals surface area contributed by atoms with Gasteiger partial charge in [0.25, 0.3) is 0 Å². The molecule has 2 aliphatic rings. The molecule has 1 saturated carbocycles. The standard InChI is InChI=1S/C26H30ClN3O2/c1-3-18(4-2)29-25-12-11-21-24(30-25)14-22(26(21)31)16-5-8-19(9-6-16)32-20-10-7-17(15-28)23(27)13-20/h7,10-13,16,18-19,22H,3-6,8-9,14H2,1-2H3,(H,29,30). The zero-order chi connectivity index (χ0) is 22.7. The van der Waals surface area contributed by atoms with Gasteiger partial charge in [-0.3, -0.25) is 4.79 Å². The average molecular weight is 452 g/mol. The Bertz CT molecular complexity index is 1020. The van der Waals surface area contributed by atoms with Crippen molar-refractivity contribution < 1.29 is 9.53 Å². The topological polar surface area (TPSA) is 75.0 Å². The molecule has 2 aliphatic carbocycles. The highest BCUT2D eigenvalue weighted by molar-refractivity contribution is 6.31. The number of benzene rings is 1. The maximum Gasteiger partial charge on any atom is 0.168 e. The van der Waals surface area contributed by atoms with Crippen molar-refractivity contribution >= 4 is 23.2 Å². The first-order valence-corrected chi connectivity index (χ1v) is 12.1. The van der Waals surface area contributed by atoms with Gasteiger partial charge in [-0.1, -0.05) is 25.4 Å². The summed E-state index contributed by atoms with van der Waals surface area (Å²) in [6.45, 7) is 4.34. The minimum absolute atomic E-state index is 0.0335. The molecule has 4 rings (SSSR count). The number of Topliss-reactive ketones (excluding diaryl/α,β-unsaturated/α-hetero) is 1. The number of ether oxygens (including phenoxy) is 1. The Morgan fingerprint density at radius 2 is 1.94 bits per heavy atom. The monoisotopic (exact) mass is 451 g/mol. The van der Waals surface area contributed by atoms with Crippen molar-refractivity contribution in [2.75, 3.05) is 5.32 Å². The molecule has 0 saturated heterocycles. The van der Waals surface area contributed by atoms with E-state index in [-0.39, 0.29) is 17.8 Å². The molecule has 1 unspecified atom stereocenters. The van der Waals surface area contributed by atoms with Crippen molar-refractivity contribution in [2.24, 2.45) is 11.8 Å². The number of pyridine rings is 1. The third kappa shape index (κ3) is 4.76. The SMILES string of the molecule is CCC(CC)Nc1ccc2c(n1)CC(C1CCC(Oc3ccc(C#N)c(Cl)c3)CC1)C2=O. The molecular weight excluding hydrogens is 422 g/mol. The molecular formula is C26H30ClN3O2. The van der Waals surface area contributed by atoms with E-state index in [1.54, 1.807) is 18.2 Å². The molecule has 6 heteroatoms. The van der Waals surface area contributed by atoms with Crippen LogP contribution in [-0.4, -0.2) is 22.9 Å². The fraction of sp³-hybridized carbons (Fsp3) is 0.500. The van der Waals surface area contributed by atoms with Crippen LogP contribution in [-0.2, 0) is 6.42 Å². The molecule has 168 valence electrons. The molecule has 0 amide bonds. The summed E-state index contributed by atoms with van der Waals surface area (Å²) < 4.78 is 6.11. The molecule has 0 aliphatic heterocycles. The number of nitriles is 1. The van der Waals surface area contributed by atoms with Crippen LogP contribution in [0.1, 0.15) is 74.0 Å². The van der Waals surface area contributed by atoms with E-state index in [0.29, 0.717) is 28.3 Å². The second-order valence-electron chi connectivity index (χ2n) is 8.93. The van der Waals surface area contributed by atoms with Crippen molar-refractivity contribution in [2.45, 2.75) is 70.9 Å². The van der Waals surface area contributed by atoms with Gasteiger partial charge in [0.2, 0.25) is 0 Å². The highest BCUT2D eigenvalue weighted by atomic mass is 35.5. The molecule has 1 aromatic carbocycles. The normalized spacial score (nSPS) is 22.5. The number of rotatable bonds is 7. The maximum atomic E-state index is 13.1. The van der Waals surface area contributed by atoms with E-state index in [4.69, 9.17) is 26.6 Å². The molecule has 0 radical (unpaired) electrons. The second kappa shape index (κ2) is 9.92. The van der Waals surface area contributed by atoms with Crippen LogP contribution < -0.4 is 10.1 Å². The minimum Gasteiger partial charge on any atom is -0.490 e. The molecule has 1 atom stereocenters. The van der Waals surface area contributed by atoms with Crippen molar-refractivity contribution in [3.8, 4) is 11.8 Å². The number of carbonyl (C=O) groups is 1. The van der Waals surface area contributed by atoms with Crippen molar-refractivity contribution in [3.05, 3.63) is 52.2 Å². The number of carbonyl (C=O) groups excluding carboxylic acids is 1. The minimum atomic E-state index is 0.0335. The summed E-state index contributed by atoms with van der Waals surface area (Å²) in [5.41, 5.74) is 2.20. The van der Waals surface area contributed by atoms with Gasteiger partial charge in [-0.05, 0) is 68.7 Å². The Morgan fingerprint density at radius 1 is 1.19 bits per heavy atom. The van der Waals surface area contributed by atoms with Crippen LogP contribution in [0.5, 0.6) is 5.75 Å². The van der Waals surface area contributed by atoms with Gasteiger partial charge >= 0.3 is 0 Å². The molecule has 1 heterocycles. The van der Waals surface area contributed by atoms with Gasteiger partial charge in [-0.25, -0.2) is 4.98 Å². The number of ketones is 1. The Labute approximate surface area is 195 Å². The van der Waals surface area contributed by atoms with Gasteiger partial charge < -0.3 is 10.1 Å². The summed E-state index contributed by atoms with van der Waals surface area (Å²) in [4.78, 5) is 17.9. The van der Waals surface area contributed by atoms with Crippen LogP contribution in [0.3, 0.4) is 0 Å². The predicted molar refractivity (Wildman–Crippen MR) is 126 cm³/mol. The van der Waals surface area contributed by atoms with Crippen molar-refractivity contribution in [1.29, 1.82) is 5.26 Å². The van der Waals surface area contributed by atoms with Gasteiger partial charge in [-0.2, -0.15) is 5.26 Å². The van der Waals surface area contributed by atoms with E-state index in [9.17, 15) is 4.79 Å². The lowest BCUT2D eigenvalue weighted by molar-refractivity contribution is 0.0782. The first kappa shape index (κ1) is 22.6. The average Bonchev–Trinajstić information content (AvgIpc) is 3.14. The summed E-state index contributed by atoms with van der Waals surface area (Å²) in [6.07, 6.45) is 6.73. The van der Waals surface area contributed by atoms with E-state index in [0.717, 1.165) is 62.0 Å². The smallest absolute Gasteiger partial charge is 0.168 e. The first-order valence-electron chi connectivity index (χ1n) is 11.7. The van der Waals surface area contributed by atoms with Crippen LogP contribution in [0.2, 0.25) is 5.02 Å². The number of halogens is 1. The van der Waals surface area contributed by atoms with Gasteiger partial charge in [0.05, 0.1) is 22.4 Å². The van der Waals surface area contributed by atoms with Crippen LogP contribution in [0.4, 0.5) is 5.82 Å². The first-order chi connectivity index (χ1) is 15.5. The lowest BCUT2D eigenvalue weighted by Gasteiger charge is -2.31. The Morgan fingerprint density at radius 3 is 2.59 bits per heavy atom. The van der Waals surface area contributed by atoms with E-state index in [1.807, 2.05) is 12.1 Å². The number of aromatic nitrogens is 1. The highest BCUT2D eigenvalue weighted by Crippen LogP contribution is 2.39. The number of hydrogen-bond acceptors (Lipinski definition) is 5. The second-order valence-corrected chi connectivity index (χ2v) is 9.34. The van der Waals surface area contributed by atoms with Crippen LogP contribution >= 0.6 is 11.6 Å². The summed E-state index contributed by atoms with van der Waals surface area (Å²) in [5.74, 6) is 2.24. The highest BCUT2D eigenvalue weighted by Gasteiger charge is 2.39. The molecule has 1 aromatic heterocycles. The number of hydrogen-bond donors (Lipinski definition) is 1. The van der Waals surface area contributed by atoms with Crippen LogP contribution in [0.15, 0.2) is 30.3 Å². The van der Waals surface area contributed by atoms with Crippen LogP contribution in [0, 0.1) is 23.2 Å².